The number of unbranched alkanes of at least 4 members (excludes halogenated alkanes) is 2. The van der Waals surface area contributed by atoms with E-state index >= 15 is 0 Å². The molecule has 0 aromatic heterocycles. The van der Waals surface area contributed by atoms with Crippen LogP contribution in [0.2, 0.25) is 0 Å². The molecule has 0 bridgehead atoms. The van der Waals surface area contributed by atoms with E-state index < -0.39 is 0 Å². The summed E-state index contributed by atoms with van der Waals surface area (Å²) in [4.78, 5) is 11.3. The molecule has 2 N–H and O–H groups in total. The maximum absolute atomic E-state index is 11.3. The molecule has 0 saturated carbocycles. The van der Waals surface area contributed by atoms with Crippen molar-refractivity contribution < 1.29 is 4.79 Å². The smallest absolute Gasteiger partial charge is 0.149 e. The summed E-state index contributed by atoms with van der Waals surface area (Å²) in [6, 6.07) is -0.202. The van der Waals surface area contributed by atoms with Gasteiger partial charge >= 0.3 is 0 Å². The lowest BCUT2D eigenvalue weighted by Gasteiger charge is -2.07. The van der Waals surface area contributed by atoms with Gasteiger partial charge in [-0.2, -0.15) is 0 Å². The van der Waals surface area contributed by atoms with Gasteiger partial charge in [0.05, 0.1) is 6.04 Å². The summed E-state index contributed by atoms with van der Waals surface area (Å²) in [7, 11) is 0. The Morgan fingerprint density at radius 3 is 2.42 bits per heavy atom. The summed E-state index contributed by atoms with van der Waals surface area (Å²) in [5, 5.41) is 0. The number of hydrogen-bond acceptors (Lipinski definition) is 2. The van der Waals surface area contributed by atoms with Gasteiger partial charge in [-0.15, -0.1) is 0 Å². The molecule has 0 aliphatic carbocycles. The summed E-state index contributed by atoms with van der Waals surface area (Å²) >= 11 is 0. The second kappa shape index (κ2) is 7.29. The SMILES string of the molecule is CCCCCC(=O)[C@@H](N)CCC. The maximum Gasteiger partial charge on any atom is 0.149 e. The van der Waals surface area contributed by atoms with Crippen molar-refractivity contribution in [1.82, 2.24) is 0 Å². The average Bonchev–Trinajstić information content (AvgIpc) is 2.05. The van der Waals surface area contributed by atoms with Gasteiger partial charge in [-0.3, -0.25) is 4.79 Å². The number of ketones is 1. The number of hydrogen-bond donors (Lipinski definition) is 1. The Kier molecular flexibility index (Phi) is 7.06. The summed E-state index contributed by atoms with van der Waals surface area (Å²) in [6.07, 6.45) is 5.83. The van der Waals surface area contributed by atoms with Crippen molar-refractivity contribution in [2.24, 2.45) is 5.73 Å². The minimum Gasteiger partial charge on any atom is -0.322 e. The minimum atomic E-state index is -0.202. The zero-order valence-corrected chi connectivity index (χ0v) is 8.31. The van der Waals surface area contributed by atoms with Gasteiger partial charge in [-0.25, -0.2) is 0 Å². The van der Waals surface area contributed by atoms with E-state index in [-0.39, 0.29) is 11.8 Å². The van der Waals surface area contributed by atoms with Gasteiger partial charge in [0.25, 0.3) is 0 Å². The van der Waals surface area contributed by atoms with Crippen LogP contribution in [0.25, 0.3) is 0 Å². The molecule has 0 radical (unpaired) electrons. The molecule has 0 heterocycles. The molecular formula is C10H21NO. The van der Waals surface area contributed by atoms with Gasteiger partial charge in [0.15, 0.2) is 0 Å². The molecule has 0 rings (SSSR count). The first-order valence-electron chi connectivity index (χ1n) is 5.00. The van der Waals surface area contributed by atoms with Crippen LogP contribution in [0.5, 0.6) is 0 Å². The molecule has 72 valence electrons. The molecule has 0 amide bonds. The molecule has 2 heteroatoms. The molecule has 0 aliphatic rings. The molecule has 12 heavy (non-hydrogen) atoms. The Bertz CT molecular complexity index is 123. The van der Waals surface area contributed by atoms with Crippen molar-refractivity contribution in [1.29, 1.82) is 0 Å². The number of rotatable bonds is 7. The van der Waals surface area contributed by atoms with Crippen LogP contribution in [0.15, 0.2) is 0 Å². The van der Waals surface area contributed by atoms with E-state index in [4.69, 9.17) is 5.73 Å². The first-order valence-corrected chi connectivity index (χ1v) is 5.00. The summed E-state index contributed by atoms with van der Waals surface area (Å²) in [6.45, 7) is 4.19. The largest absolute Gasteiger partial charge is 0.322 e. The highest BCUT2D eigenvalue weighted by atomic mass is 16.1. The molecule has 0 aliphatic heterocycles. The Morgan fingerprint density at radius 2 is 1.92 bits per heavy atom. The minimum absolute atomic E-state index is 0.202. The van der Waals surface area contributed by atoms with Crippen LogP contribution < -0.4 is 5.73 Å². The van der Waals surface area contributed by atoms with Crippen LogP contribution in [0.3, 0.4) is 0 Å². The van der Waals surface area contributed by atoms with Crippen LogP contribution in [-0.2, 0) is 4.79 Å². The van der Waals surface area contributed by atoms with Crippen molar-refractivity contribution >= 4 is 5.78 Å². The zero-order valence-electron chi connectivity index (χ0n) is 8.31. The number of carbonyl (C=O) groups is 1. The normalized spacial score (nSPS) is 12.9. The van der Waals surface area contributed by atoms with Gasteiger partial charge in [-0.1, -0.05) is 33.1 Å². The lowest BCUT2D eigenvalue weighted by molar-refractivity contribution is -0.120. The second-order valence-electron chi connectivity index (χ2n) is 3.32. The molecule has 0 saturated heterocycles. The van der Waals surface area contributed by atoms with Gasteiger partial charge in [0, 0.05) is 6.42 Å². The van der Waals surface area contributed by atoms with E-state index in [2.05, 4.69) is 13.8 Å². The monoisotopic (exact) mass is 171 g/mol. The lowest BCUT2D eigenvalue weighted by Crippen LogP contribution is -2.29. The molecular weight excluding hydrogens is 150 g/mol. The van der Waals surface area contributed by atoms with Crippen molar-refractivity contribution in [3.05, 3.63) is 0 Å². The topological polar surface area (TPSA) is 43.1 Å². The highest BCUT2D eigenvalue weighted by Crippen LogP contribution is 2.04. The molecule has 0 unspecified atom stereocenters. The highest BCUT2D eigenvalue weighted by molar-refractivity contribution is 5.83. The van der Waals surface area contributed by atoms with Crippen molar-refractivity contribution in [3.8, 4) is 0 Å². The quantitative estimate of drug-likeness (QED) is 0.597. The van der Waals surface area contributed by atoms with E-state index in [1.54, 1.807) is 0 Å². The second-order valence-corrected chi connectivity index (χ2v) is 3.32. The third-order valence-corrected chi connectivity index (χ3v) is 2.04. The van der Waals surface area contributed by atoms with Crippen molar-refractivity contribution in [3.63, 3.8) is 0 Å². The molecule has 0 aromatic rings. The van der Waals surface area contributed by atoms with E-state index in [0.29, 0.717) is 6.42 Å². The standard InChI is InChI=1S/C10H21NO/c1-3-5-6-8-10(12)9(11)7-4-2/h9H,3-8,11H2,1-2H3/t9-/m0/s1. The zero-order chi connectivity index (χ0) is 9.40. The number of nitrogens with two attached hydrogens (primary N) is 1. The first kappa shape index (κ1) is 11.6. The van der Waals surface area contributed by atoms with Gasteiger partial charge in [0.1, 0.15) is 5.78 Å². The van der Waals surface area contributed by atoms with Crippen LogP contribution >= 0.6 is 0 Å². The summed E-state index contributed by atoms with van der Waals surface area (Å²) in [5.74, 6) is 0.241. The lowest BCUT2D eigenvalue weighted by atomic mass is 10.0. The number of Topliss-reactive ketones (excluding diaryl/α,β-unsaturated/α-hetero) is 1. The maximum atomic E-state index is 11.3. The number of carbonyl (C=O) groups excluding carboxylic acids is 1. The third kappa shape index (κ3) is 5.30. The van der Waals surface area contributed by atoms with Gasteiger partial charge in [0.2, 0.25) is 0 Å². The fraction of sp³-hybridized carbons (Fsp3) is 0.900. The molecule has 0 aromatic carbocycles. The van der Waals surface area contributed by atoms with Crippen molar-refractivity contribution in [2.75, 3.05) is 0 Å². The molecule has 0 fully saturated rings. The molecule has 2 nitrogen and oxygen atoms in total. The van der Waals surface area contributed by atoms with Gasteiger partial charge < -0.3 is 5.73 Å². The Balaban J connectivity index is 3.43. The van der Waals surface area contributed by atoms with Gasteiger partial charge in [-0.05, 0) is 12.8 Å². The summed E-state index contributed by atoms with van der Waals surface area (Å²) < 4.78 is 0. The predicted molar refractivity (Wildman–Crippen MR) is 52.0 cm³/mol. The molecule has 1 atom stereocenters. The first-order chi connectivity index (χ1) is 5.72. The van der Waals surface area contributed by atoms with Crippen LogP contribution in [0.1, 0.15) is 52.4 Å². The average molecular weight is 171 g/mol. The van der Waals surface area contributed by atoms with E-state index in [0.717, 1.165) is 32.1 Å². The summed E-state index contributed by atoms with van der Waals surface area (Å²) in [5.41, 5.74) is 5.66. The predicted octanol–water partition coefficient (Wildman–Crippen LogP) is 2.26. The van der Waals surface area contributed by atoms with Crippen LogP contribution in [-0.4, -0.2) is 11.8 Å². The fourth-order valence-electron chi connectivity index (χ4n) is 1.21. The fourth-order valence-corrected chi connectivity index (χ4v) is 1.21. The highest BCUT2D eigenvalue weighted by Gasteiger charge is 2.10. The Labute approximate surface area is 75.5 Å². The van der Waals surface area contributed by atoms with E-state index in [9.17, 15) is 4.79 Å². The Morgan fingerprint density at radius 1 is 1.25 bits per heavy atom. The van der Waals surface area contributed by atoms with Crippen molar-refractivity contribution in [2.45, 2.75) is 58.4 Å². The van der Waals surface area contributed by atoms with Crippen LogP contribution in [0.4, 0.5) is 0 Å². The molecule has 0 spiro atoms. The van der Waals surface area contributed by atoms with Crippen LogP contribution in [0, 0.1) is 0 Å². The third-order valence-electron chi connectivity index (χ3n) is 2.04. The van der Waals surface area contributed by atoms with E-state index in [1.807, 2.05) is 0 Å². The van der Waals surface area contributed by atoms with E-state index in [1.165, 1.54) is 0 Å². The Hall–Kier alpha value is -0.370.